The molecular formula is C26H22N8O8. The second kappa shape index (κ2) is 11.9. The summed E-state index contributed by atoms with van der Waals surface area (Å²) in [4.78, 5) is 56.8. The monoisotopic (exact) mass is 574 g/mol. The van der Waals surface area contributed by atoms with Crippen LogP contribution in [0, 0.1) is 0 Å². The highest BCUT2D eigenvalue weighted by Crippen LogP contribution is 2.27. The van der Waals surface area contributed by atoms with E-state index >= 15 is 0 Å². The zero-order valence-corrected chi connectivity index (χ0v) is 21.2. The molecule has 0 aliphatic heterocycles. The Morgan fingerprint density at radius 3 is 1.29 bits per heavy atom. The Balaban J connectivity index is 1.57. The molecule has 4 aromatic rings. The van der Waals surface area contributed by atoms with E-state index in [9.17, 15) is 39.6 Å². The smallest absolute Gasteiger partial charge is 0.339 e. The predicted molar refractivity (Wildman–Crippen MR) is 149 cm³/mol. The van der Waals surface area contributed by atoms with Crippen LogP contribution in [0.1, 0.15) is 41.4 Å². The van der Waals surface area contributed by atoms with Gasteiger partial charge in [0.2, 0.25) is 0 Å². The average molecular weight is 575 g/mol. The zero-order valence-electron chi connectivity index (χ0n) is 21.2. The molecule has 4 rings (SSSR count). The van der Waals surface area contributed by atoms with Crippen molar-refractivity contribution in [1.82, 2.24) is 9.97 Å². The minimum absolute atomic E-state index is 0.00556. The van der Waals surface area contributed by atoms with Crippen LogP contribution >= 0.6 is 0 Å². The molecule has 0 aliphatic carbocycles. The molecule has 0 aliphatic rings. The summed E-state index contributed by atoms with van der Waals surface area (Å²) in [6, 6.07) is 12.7. The van der Waals surface area contributed by atoms with E-state index in [1.165, 1.54) is 36.4 Å². The second-order valence-corrected chi connectivity index (χ2v) is 8.46. The highest BCUT2D eigenvalue weighted by molar-refractivity contribution is 6.09. The van der Waals surface area contributed by atoms with Gasteiger partial charge < -0.3 is 41.9 Å². The number of hydrazine groups is 2. The number of nitrogen functional groups attached to an aromatic ring is 2. The summed E-state index contributed by atoms with van der Waals surface area (Å²) in [7, 11) is 0. The van der Waals surface area contributed by atoms with Crippen molar-refractivity contribution in [3.63, 3.8) is 0 Å². The fourth-order valence-electron chi connectivity index (χ4n) is 3.76. The summed E-state index contributed by atoms with van der Waals surface area (Å²) >= 11 is 0. The molecule has 0 unspecified atom stereocenters. The van der Waals surface area contributed by atoms with E-state index in [0.29, 0.717) is 0 Å². The van der Waals surface area contributed by atoms with Crippen LogP contribution in [0.2, 0.25) is 0 Å². The standard InChI is InChI=1S/C26H22N8O8/c27-33-21-13(23(37)29-11-1-7-19(35)15(9-11)25(39)40)3-5-17(31-21)18-6-4-14(22(32-18)34-28)24(38)30-12-2-8-20(36)16(10-12)26(41)42/h1-10,35-36H,27-28H2,(H,29,37)(H,30,38)(H,31,33)(H,32,34)(H,39,40)(H,41,42). The first-order chi connectivity index (χ1) is 20.0. The van der Waals surface area contributed by atoms with E-state index in [1.54, 1.807) is 0 Å². The van der Waals surface area contributed by atoms with E-state index in [-0.39, 0.29) is 45.5 Å². The molecule has 16 heteroatoms. The predicted octanol–water partition coefficient (Wildman–Crippen LogP) is 2.03. The Morgan fingerprint density at radius 1 is 0.571 bits per heavy atom. The van der Waals surface area contributed by atoms with Gasteiger partial charge >= 0.3 is 11.9 Å². The van der Waals surface area contributed by atoms with E-state index in [4.69, 9.17) is 11.7 Å². The molecule has 2 aromatic heterocycles. The number of carboxylic acids is 2. The lowest BCUT2D eigenvalue weighted by molar-refractivity contribution is 0.0682. The molecule has 42 heavy (non-hydrogen) atoms. The first-order valence-corrected chi connectivity index (χ1v) is 11.7. The van der Waals surface area contributed by atoms with Gasteiger partial charge in [-0.05, 0) is 60.7 Å². The third-order valence-electron chi connectivity index (χ3n) is 5.79. The van der Waals surface area contributed by atoms with Crippen molar-refractivity contribution < 1.29 is 39.6 Å². The number of amides is 2. The molecule has 0 bridgehead atoms. The zero-order chi connectivity index (χ0) is 30.6. The fourth-order valence-corrected chi connectivity index (χ4v) is 3.76. The number of anilines is 4. The van der Waals surface area contributed by atoms with Gasteiger partial charge in [-0.15, -0.1) is 0 Å². The normalized spacial score (nSPS) is 10.4. The molecule has 2 aromatic carbocycles. The maximum atomic E-state index is 12.9. The highest BCUT2D eigenvalue weighted by Gasteiger charge is 2.19. The third kappa shape index (κ3) is 5.98. The number of benzene rings is 2. The summed E-state index contributed by atoms with van der Waals surface area (Å²) in [5, 5.41) is 42.7. The molecule has 214 valence electrons. The van der Waals surface area contributed by atoms with E-state index in [1.807, 2.05) is 0 Å². The topological polar surface area (TPSA) is 275 Å². The number of hydrogen-bond acceptors (Lipinski definition) is 12. The van der Waals surface area contributed by atoms with Crippen molar-refractivity contribution in [3.05, 3.63) is 82.9 Å². The Hall–Kier alpha value is -6.26. The van der Waals surface area contributed by atoms with Crippen LogP contribution in [0.4, 0.5) is 23.0 Å². The van der Waals surface area contributed by atoms with E-state index in [0.717, 1.165) is 24.3 Å². The number of carbonyl (C=O) groups excluding carboxylic acids is 2. The van der Waals surface area contributed by atoms with Crippen molar-refractivity contribution in [3.8, 4) is 22.9 Å². The van der Waals surface area contributed by atoms with Gasteiger partial charge in [0.15, 0.2) is 11.6 Å². The van der Waals surface area contributed by atoms with Crippen LogP contribution < -0.4 is 33.2 Å². The lowest BCUT2D eigenvalue weighted by Crippen LogP contribution is -2.20. The largest absolute Gasteiger partial charge is 0.507 e. The summed E-state index contributed by atoms with van der Waals surface area (Å²) < 4.78 is 0. The lowest BCUT2D eigenvalue weighted by atomic mass is 10.1. The van der Waals surface area contributed by atoms with Gasteiger partial charge in [-0.25, -0.2) is 31.2 Å². The van der Waals surface area contributed by atoms with Gasteiger partial charge in [0, 0.05) is 11.4 Å². The minimum atomic E-state index is -1.38. The summed E-state index contributed by atoms with van der Waals surface area (Å²) in [6.45, 7) is 0. The van der Waals surface area contributed by atoms with Crippen LogP contribution in [0.15, 0.2) is 60.7 Å². The molecule has 0 atom stereocenters. The van der Waals surface area contributed by atoms with Crippen molar-refractivity contribution in [2.24, 2.45) is 11.7 Å². The molecule has 0 saturated heterocycles. The van der Waals surface area contributed by atoms with Gasteiger partial charge in [-0.2, -0.15) is 0 Å². The van der Waals surface area contributed by atoms with Gasteiger partial charge in [0.25, 0.3) is 11.8 Å². The number of aromatic hydroxyl groups is 2. The number of nitrogens with zero attached hydrogens (tertiary/aromatic N) is 2. The number of aromatic carboxylic acids is 2. The van der Waals surface area contributed by atoms with Crippen LogP contribution in [-0.4, -0.2) is 54.1 Å². The maximum absolute atomic E-state index is 12.9. The number of carboxylic acid groups (broad SMARTS) is 2. The fraction of sp³-hybridized carbons (Fsp3) is 0. The van der Waals surface area contributed by atoms with Crippen molar-refractivity contribution in [2.75, 3.05) is 21.5 Å². The van der Waals surface area contributed by atoms with Crippen molar-refractivity contribution >= 4 is 46.8 Å². The second-order valence-electron chi connectivity index (χ2n) is 8.46. The number of nitrogens with one attached hydrogen (secondary N) is 4. The van der Waals surface area contributed by atoms with Crippen LogP contribution in [0.5, 0.6) is 11.5 Å². The molecule has 16 nitrogen and oxygen atoms in total. The first kappa shape index (κ1) is 28.7. The Bertz CT molecular complexity index is 1620. The van der Waals surface area contributed by atoms with Gasteiger partial charge in [0.1, 0.15) is 22.6 Å². The van der Waals surface area contributed by atoms with Crippen molar-refractivity contribution in [1.29, 1.82) is 0 Å². The summed E-state index contributed by atoms with van der Waals surface area (Å²) in [5.74, 6) is 5.98. The van der Waals surface area contributed by atoms with Crippen LogP contribution in [-0.2, 0) is 0 Å². The molecule has 0 radical (unpaired) electrons. The maximum Gasteiger partial charge on any atom is 0.339 e. The molecule has 0 fully saturated rings. The highest BCUT2D eigenvalue weighted by atomic mass is 16.4. The Kier molecular flexibility index (Phi) is 8.12. The van der Waals surface area contributed by atoms with Gasteiger partial charge in [-0.1, -0.05) is 0 Å². The molecular weight excluding hydrogens is 552 g/mol. The first-order valence-electron chi connectivity index (χ1n) is 11.7. The Labute approximate surface area is 235 Å². The molecule has 0 spiro atoms. The van der Waals surface area contributed by atoms with Crippen molar-refractivity contribution in [2.45, 2.75) is 0 Å². The SMILES string of the molecule is NNc1nc(-c2ccc(C(=O)Nc3ccc(O)c(C(=O)O)c3)c(NN)n2)ccc1C(=O)Nc1ccc(O)c(C(=O)O)c1. The average Bonchev–Trinajstić information content (AvgIpc) is 2.97. The van der Waals surface area contributed by atoms with E-state index in [2.05, 4.69) is 31.5 Å². The third-order valence-corrected chi connectivity index (χ3v) is 5.79. The number of rotatable bonds is 9. The minimum Gasteiger partial charge on any atom is -0.507 e. The number of phenols is 2. The number of nitrogens with two attached hydrogens (primary N) is 2. The quantitative estimate of drug-likeness (QED) is 0.0778. The molecule has 12 N–H and O–H groups in total. The van der Waals surface area contributed by atoms with Crippen LogP contribution in [0.3, 0.4) is 0 Å². The summed E-state index contributed by atoms with van der Waals surface area (Å²) in [5.41, 5.74) is 4.47. The van der Waals surface area contributed by atoms with Crippen LogP contribution in [0.25, 0.3) is 11.4 Å². The molecule has 2 heterocycles. The number of aromatic nitrogens is 2. The number of pyridine rings is 2. The molecule has 2 amide bonds. The Morgan fingerprint density at radius 2 is 0.952 bits per heavy atom. The molecule has 0 saturated carbocycles. The van der Waals surface area contributed by atoms with Gasteiger partial charge in [0.05, 0.1) is 22.5 Å². The van der Waals surface area contributed by atoms with Gasteiger partial charge in [-0.3, -0.25) is 9.59 Å². The number of hydrogen-bond donors (Lipinski definition) is 10. The summed E-state index contributed by atoms with van der Waals surface area (Å²) in [6.07, 6.45) is 0. The van der Waals surface area contributed by atoms with E-state index < -0.39 is 46.4 Å². The number of carbonyl (C=O) groups is 4. The lowest BCUT2D eigenvalue weighted by Gasteiger charge is -2.13.